The van der Waals surface area contributed by atoms with E-state index >= 15 is 0 Å². The first-order valence-electron chi connectivity index (χ1n) is 6.63. The number of hydrogen-bond donors (Lipinski definition) is 1. The third-order valence-electron chi connectivity index (χ3n) is 2.88. The van der Waals surface area contributed by atoms with Crippen molar-refractivity contribution in [3.63, 3.8) is 0 Å². The summed E-state index contributed by atoms with van der Waals surface area (Å²) in [5.74, 6) is -1.87. The number of amides is 1. The van der Waals surface area contributed by atoms with Crippen molar-refractivity contribution >= 4 is 17.7 Å². The van der Waals surface area contributed by atoms with Crippen molar-refractivity contribution < 1.29 is 18.0 Å². The van der Waals surface area contributed by atoms with Crippen molar-refractivity contribution in [3.05, 3.63) is 65.5 Å². The third kappa shape index (κ3) is 5.11. The van der Waals surface area contributed by atoms with E-state index in [0.29, 0.717) is 13.0 Å². The van der Waals surface area contributed by atoms with E-state index in [1.807, 2.05) is 0 Å². The Balaban J connectivity index is 1.74. The summed E-state index contributed by atoms with van der Waals surface area (Å²) in [7, 11) is 0. The van der Waals surface area contributed by atoms with Gasteiger partial charge in [0.25, 0.3) is 0 Å². The maximum Gasteiger partial charge on any atom is 0.230 e. The van der Waals surface area contributed by atoms with E-state index in [9.17, 15) is 18.0 Å². The molecule has 1 amide bonds. The van der Waals surface area contributed by atoms with Gasteiger partial charge in [0.05, 0.1) is 5.75 Å². The molecule has 0 heterocycles. The van der Waals surface area contributed by atoms with E-state index in [2.05, 4.69) is 5.32 Å². The van der Waals surface area contributed by atoms with Crippen molar-refractivity contribution in [1.29, 1.82) is 0 Å². The summed E-state index contributed by atoms with van der Waals surface area (Å²) in [5.41, 5.74) is 0.789. The van der Waals surface area contributed by atoms with Gasteiger partial charge < -0.3 is 5.32 Å². The summed E-state index contributed by atoms with van der Waals surface area (Å²) >= 11 is 0.999. The number of thioether (sulfide) groups is 1. The fraction of sp³-hybridized carbons (Fsp3) is 0.188. The first kappa shape index (κ1) is 16.4. The maximum atomic E-state index is 13.4. The molecule has 2 rings (SSSR count). The molecule has 0 aromatic heterocycles. The predicted molar refractivity (Wildman–Crippen MR) is 80.2 cm³/mol. The lowest BCUT2D eigenvalue weighted by Crippen LogP contribution is -2.27. The van der Waals surface area contributed by atoms with Crippen molar-refractivity contribution in [2.45, 2.75) is 11.3 Å². The smallest absolute Gasteiger partial charge is 0.230 e. The molecule has 0 fully saturated rings. The second-order valence-corrected chi connectivity index (χ2v) is 5.61. The Kier molecular flexibility index (Phi) is 5.89. The van der Waals surface area contributed by atoms with Crippen molar-refractivity contribution in [2.24, 2.45) is 0 Å². The van der Waals surface area contributed by atoms with E-state index in [0.717, 1.165) is 29.5 Å². The normalized spacial score (nSPS) is 10.5. The second-order valence-electron chi connectivity index (χ2n) is 4.59. The van der Waals surface area contributed by atoms with Gasteiger partial charge in [-0.25, -0.2) is 13.2 Å². The highest BCUT2D eigenvalue weighted by molar-refractivity contribution is 8.00. The van der Waals surface area contributed by atoms with Crippen LogP contribution in [-0.4, -0.2) is 18.2 Å². The van der Waals surface area contributed by atoms with Gasteiger partial charge in [-0.2, -0.15) is 0 Å². The summed E-state index contributed by atoms with van der Waals surface area (Å²) < 4.78 is 39.1. The van der Waals surface area contributed by atoms with Gasteiger partial charge in [0, 0.05) is 17.5 Å². The number of rotatable bonds is 6. The number of benzene rings is 2. The van der Waals surface area contributed by atoms with Gasteiger partial charge in [0.1, 0.15) is 17.5 Å². The zero-order chi connectivity index (χ0) is 15.9. The summed E-state index contributed by atoms with van der Waals surface area (Å²) in [6.45, 7) is 0.370. The highest BCUT2D eigenvalue weighted by atomic mass is 32.2. The van der Waals surface area contributed by atoms with Crippen molar-refractivity contribution in [2.75, 3.05) is 12.3 Å². The highest BCUT2D eigenvalue weighted by Crippen LogP contribution is 2.21. The SMILES string of the molecule is O=C(CSc1ccc(F)cc1F)NCCc1cccc(F)c1. The fourth-order valence-electron chi connectivity index (χ4n) is 1.83. The molecule has 0 radical (unpaired) electrons. The molecule has 0 unspecified atom stereocenters. The van der Waals surface area contributed by atoms with E-state index in [1.165, 1.54) is 18.2 Å². The largest absolute Gasteiger partial charge is 0.355 e. The third-order valence-corrected chi connectivity index (χ3v) is 3.93. The van der Waals surface area contributed by atoms with Gasteiger partial charge in [0.15, 0.2) is 0 Å². The molecule has 0 aliphatic carbocycles. The van der Waals surface area contributed by atoms with Crippen LogP contribution in [0.4, 0.5) is 13.2 Å². The molecular weight excluding hydrogens is 311 g/mol. The molecule has 0 saturated carbocycles. The molecule has 116 valence electrons. The van der Waals surface area contributed by atoms with E-state index in [-0.39, 0.29) is 22.4 Å². The summed E-state index contributed by atoms with van der Waals surface area (Å²) in [5, 5.41) is 2.67. The van der Waals surface area contributed by atoms with Crippen LogP contribution in [0.25, 0.3) is 0 Å². The average Bonchev–Trinajstić information content (AvgIpc) is 2.46. The van der Waals surface area contributed by atoms with Crippen LogP contribution in [0, 0.1) is 17.5 Å². The molecule has 2 nitrogen and oxygen atoms in total. The molecule has 0 aliphatic heterocycles. The van der Waals surface area contributed by atoms with Gasteiger partial charge in [-0.05, 0) is 36.2 Å². The first-order valence-corrected chi connectivity index (χ1v) is 7.62. The number of carbonyl (C=O) groups is 1. The molecule has 0 aliphatic rings. The van der Waals surface area contributed by atoms with Crippen LogP contribution in [0.3, 0.4) is 0 Å². The minimum atomic E-state index is -0.683. The molecule has 2 aromatic carbocycles. The zero-order valence-corrected chi connectivity index (χ0v) is 12.4. The van der Waals surface area contributed by atoms with Crippen LogP contribution in [0.5, 0.6) is 0 Å². The van der Waals surface area contributed by atoms with Gasteiger partial charge in [-0.15, -0.1) is 11.8 Å². The first-order chi connectivity index (χ1) is 10.5. The molecule has 1 N–H and O–H groups in total. The predicted octanol–water partition coefficient (Wildman–Crippen LogP) is 3.55. The van der Waals surface area contributed by atoms with Crippen molar-refractivity contribution in [1.82, 2.24) is 5.32 Å². The van der Waals surface area contributed by atoms with E-state index in [4.69, 9.17) is 0 Å². The van der Waals surface area contributed by atoms with E-state index in [1.54, 1.807) is 12.1 Å². The average molecular weight is 325 g/mol. The van der Waals surface area contributed by atoms with Crippen LogP contribution in [-0.2, 0) is 11.2 Å². The molecule has 2 aromatic rings. The molecule has 22 heavy (non-hydrogen) atoms. The quantitative estimate of drug-likeness (QED) is 0.823. The Morgan fingerprint density at radius 1 is 1.05 bits per heavy atom. The van der Waals surface area contributed by atoms with Crippen LogP contribution in [0.15, 0.2) is 47.4 Å². The van der Waals surface area contributed by atoms with Crippen LogP contribution in [0.2, 0.25) is 0 Å². The monoisotopic (exact) mass is 325 g/mol. The molecule has 0 atom stereocenters. The van der Waals surface area contributed by atoms with Gasteiger partial charge in [0.2, 0.25) is 5.91 Å². The van der Waals surface area contributed by atoms with Crippen LogP contribution >= 0.6 is 11.8 Å². The van der Waals surface area contributed by atoms with E-state index < -0.39 is 11.6 Å². The Hall–Kier alpha value is -1.95. The molecule has 6 heteroatoms. The zero-order valence-electron chi connectivity index (χ0n) is 11.6. The summed E-state index contributed by atoms with van der Waals surface area (Å²) in [4.78, 5) is 11.9. The minimum absolute atomic E-state index is 0.0334. The lowest BCUT2D eigenvalue weighted by molar-refractivity contribution is -0.118. The Morgan fingerprint density at radius 2 is 1.82 bits per heavy atom. The molecular formula is C16H14F3NOS. The van der Waals surface area contributed by atoms with Crippen LogP contribution < -0.4 is 5.32 Å². The van der Waals surface area contributed by atoms with Gasteiger partial charge in [-0.3, -0.25) is 4.79 Å². The fourth-order valence-corrected chi connectivity index (χ4v) is 2.58. The Morgan fingerprint density at radius 3 is 2.55 bits per heavy atom. The molecule has 0 spiro atoms. The molecule has 0 saturated heterocycles. The Bertz CT molecular complexity index is 664. The summed E-state index contributed by atoms with van der Waals surface area (Å²) in [6.07, 6.45) is 0.513. The standard InChI is InChI=1S/C16H14F3NOS/c17-12-3-1-2-11(8-12)6-7-20-16(21)10-22-15-5-4-13(18)9-14(15)19/h1-5,8-9H,6-7,10H2,(H,20,21). The maximum absolute atomic E-state index is 13.4. The minimum Gasteiger partial charge on any atom is -0.355 e. The van der Waals surface area contributed by atoms with Gasteiger partial charge in [-0.1, -0.05) is 12.1 Å². The number of nitrogens with one attached hydrogen (secondary N) is 1. The molecule has 0 bridgehead atoms. The topological polar surface area (TPSA) is 29.1 Å². The number of halogens is 3. The summed E-state index contributed by atoms with van der Waals surface area (Å²) in [6, 6.07) is 9.38. The Labute approximate surface area is 130 Å². The van der Waals surface area contributed by atoms with Crippen LogP contribution in [0.1, 0.15) is 5.56 Å². The highest BCUT2D eigenvalue weighted by Gasteiger charge is 2.07. The number of carbonyl (C=O) groups excluding carboxylic acids is 1. The number of hydrogen-bond acceptors (Lipinski definition) is 2. The lowest BCUT2D eigenvalue weighted by atomic mass is 10.1. The lowest BCUT2D eigenvalue weighted by Gasteiger charge is -2.06. The van der Waals surface area contributed by atoms with Crippen molar-refractivity contribution in [3.8, 4) is 0 Å². The van der Waals surface area contributed by atoms with Gasteiger partial charge >= 0.3 is 0 Å². The second kappa shape index (κ2) is 7.89.